The Morgan fingerprint density at radius 2 is 2.00 bits per heavy atom. The molecule has 0 aliphatic carbocycles. The van der Waals surface area contributed by atoms with Crippen LogP contribution in [0.5, 0.6) is 0 Å². The number of rotatable bonds is 5. The van der Waals surface area contributed by atoms with E-state index in [9.17, 15) is 9.59 Å². The zero-order chi connectivity index (χ0) is 17.8. The zero-order valence-electron chi connectivity index (χ0n) is 14.4. The van der Waals surface area contributed by atoms with Crippen LogP contribution in [0, 0.1) is 5.92 Å². The molecule has 0 radical (unpaired) electrons. The molecule has 6 nitrogen and oxygen atoms in total. The van der Waals surface area contributed by atoms with E-state index in [1.807, 2.05) is 18.2 Å². The van der Waals surface area contributed by atoms with Crippen molar-refractivity contribution in [2.75, 3.05) is 17.2 Å². The molecule has 0 saturated heterocycles. The molecule has 0 spiro atoms. The average molecular weight is 338 g/mol. The van der Waals surface area contributed by atoms with Crippen LogP contribution in [0.25, 0.3) is 0 Å². The van der Waals surface area contributed by atoms with E-state index in [0.29, 0.717) is 17.3 Å². The molecule has 2 aromatic rings. The van der Waals surface area contributed by atoms with Gasteiger partial charge < -0.3 is 15.5 Å². The number of fused-ring (bicyclic) bond motifs is 1. The van der Waals surface area contributed by atoms with Gasteiger partial charge >= 0.3 is 0 Å². The highest BCUT2D eigenvalue weighted by atomic mass is 16.2. The number of hydrogen-bond donors (Lipinski definition) is 2. The van der Waals surface area contributed by atoms with Gasteiger partial charge in [-0.3, -0.25) is 9.59 Å². The predicted molar refractivity (Wildman–Crippen MR) is 97.2 cm³/mol. The summed E-state index contributed by atoms with van der Waals surface area (Å²) in [5.74, 6) is 0.473. The molecule has 0 saturated carbocycles. The van der Waals surface area contributed by atoms with Crippen molar-refractivity contribution in [2.45, 2.75) is 26.4 Å². The topological polar surface area (TPSA) is 74.3 Å². The van der Waals surface area contributed by atoms with Crippen molar-refractivity contribution in [3.05, 3.63) is 54.2 Å². The number of amides is 2. The van der Waals surface area contributed by atoms with Crippen LogP contribution in [-0.2, 0) is 4.79 Å². The SMILES string of the molecule is CC(C)C[C@@H]1Nc2ccccc2C(=O)N1CC(=O)Nc1ccccn1. The van der Waals surface area contributed by atoms with Crippen LogP contribution in [0.3, 0.4) is 0 Å². The first kappa shape index (κ1) is 17.0. The summed E-state index contributed by atoms with van der Waals surface area (Å²) in [6, 6.07) is 12.7. The minimum atomic E-state index is -0.262. The average Bonchev–Trinajstić information content (AvgIpc) is 2.59. The lowest BCUT2D eigenvalue weighted by Crippen LogP contribution is -2.52. The van der Waals surface area contributed by atoms with E-state index in [2.05, 4.69) is 29.5 Å². The third-order valence-corrected chi connectivity index (χ3v) is 4.06. The van der Waals surface area contributed by atoms with E-state index in [1.165, 1.54) is 0 Å². The second kappa shape index (κ2) is 7.34. The number of carbonyl (C=O) groups is 2. The summed E-state index contributed by atoms with van der Waals surface area (Å²) < 4.78 is 0. The van der Waals surface area contributed by atoms with Crippen LogP contribution in [0.1, 0.15) is 30.6 Å². The minimum Gasteiger partial charge on any atom is -0.364 e. The molecule has 0 unspecified atom stereocenters. The van der Waals surface area contributed by atoms with E-state index in [-0.39, 0.29) is 24.5 Å². The lowest BCUT2D eigenvalue weighted by molar-refractivity contribution is -0.117. The van der Waals surface area contributed by atoms with Gasteiger partial charge in [-0.05, 0) is 36.6 Å². The Labute approximate surface area is 147 Å². The monoisotopic (exact) mass is 338 g/mol. The molecule has 6 heteroatoms. The quantitative estimate of drug-likeness (QED) is 0.879. The first-order chi connectivity index (χ1) is 12.0. The van der Waals surface area contributed by atoms with Crippen molar-refractivity contribution < 1.29 is 9.59 Å². The molecule has 1 aromatic carbocycles. The molecule has 2 N–H and O–H groups in total. The molecule has 1 aliphatic rings. The number of hydrogen-bond acceptors (Lipinski definition) is 4. The van der Waals surface area contributed by atoms with E-state index < -0.39 is 0 Å². The molecular weight excluding hydrogens is 316 g/mol. The van der Waals surface area contributed by atoms with Crippen LogP contribution >= 0.6 is 0 Å². The van der Waals surface area contributed by atoms with E-state index in [4.69, 9.17) is 0 Å². The van der Waals surface area contributed by atoms with Crippen molar-refractivity contribution in [1.82, 2.24) is 9.88 Å². The maximum absolute atomic E-state index is 12.9. The van der Waals surface area contributed by atoms with Gasteiger partial charge in [0.05, 0.1) is 5.56 Å². The Balaban J connectivity index is 1.79. The molecule has 2 amide bonds. The van der Waals surface area contributed by atoms with Crippen LogP contribution < -0.4 is 10.6 Å². The van der Waals surface area contributed by atoms with Gasteiger partial charge in [0.15, 0.2) is 0 Å². The van der Waals surface area contributed by atoms with E-state index >= 15 is 0 Å². The highest BCUT2D eigenvalue weighted by Crippen LogP contribution is 2.27. The van der Waals surface area contributed by atoms with Crippen molar-refractivity contribution >= 4 is 23.3 Å². The molecule has 130 valence electrons. The molecule has 1 aromatic heterocycles. The number of aromatic nitrogens is 1. The molecule has 0 bridgehead atoms. The number of nitrogens with one attached hydrogen (secondary N) is 2. The molecule has 1 aliphatic heterocycles. The van der Waals surface area contributed by atoms with Gasteiger partial charge in [0.25, 0.3) is 5.91 Å². The van der Waals surface area contributed by atoms with Gasteiger partial charge in [-0.25, -0.2) is 4.98 Å². The van der Waals surface area contributed by atoms with E-state index in [1.54, 1.807) is 35.4 Å². The van der Waals surface area contributed by atoms with Gasteiger partial charge in [0.2, 0.25) is 5.91 Å². The van der Waals surface area contributed by atoms with Crippen molar-refractivity contribution in [1.29, 1.82) is 0 Å². The fraction of sp³-hybridized carbons (Fsp3) is 0.316. The van der Waals surface area contributed by atoms with Crippen molar-refractivity contribution in [3.63, 3.8) is 0 Å². The second-order valence-electron chi connectivity index (χ2n) is 6.53. The van der Waals surface area contributed by atoms with Gasteiger partial charge in [-0.2, -0.15) is 0 Å². The maximum atomic E-state index is 12.9. The Bertz CT molecular complexity index is 761. The van der Waals surface area contributed by atoms with Crippen LogP contribution in [0.4, 0.5) is 11.5 Å². The summed E-state index contributed by atoms with van der Waals surface area (Å²) >= 11 is 0. The van der Waals surface area contributed by atoms with Crippen molar-refractivity contribution in [3.8, 4) is 0 Å². The van der Waals surface area contributed by atoms with Gasteiger partial charge in [-0.15, -0.1) is 0 Å². The fourth-order valence-electron chi connectivity index (χ4n) is 2.94. The summed E-state index contributed by atoms with van der Waals surface area (Å²) in [4.78, 5) is 31.0. The Hall–Kier alpha value is -2.89. The largest absolute Gasteiger partial charge is 0.364 e. The third-order valence-electron chi connectivity index (χ3n) is 4.06. The molecule has 2 heterocycles. The number of pyridine rings is 1. The summed E-state index contributed by atoms with van der Waals surface area (Å²) in [6.45, 7) is 4.17. The lowest BCUT2D eigenvalue weighted by atomic mass is 10.0. The van der Waals surface area contributed by atoms with Gasteiger partial charge in [0.1, 0.15) is 18.5 Å². The maximum Gasteiger partial charge on any atom is 0.258 e. The smallest absolute Gasteiger partial charge is 0.258 e. The Morgan fingerprint density at radius 1 is 1.24 bits per heavy atom. The third kappa shape index (κ3) is 3.96. The zero-order valence-corrected chi connectivity index (χ0v) is 14.4. The van der Waals surface area contributed by atoms with Gasteiger partial charge in [0, 0.05) is 11.9 Å². The van der Waals surface area contributed by atoms with Crippen LogP contribution in [0.2, 0.25) is 0 Å². The fourth-order valence-corrected chi connectivity index (χ4v) is 2.94. The van der Waals surface area contributed by atoms with Crippen molar-refractivity contribution in [2.24, 2.45) is 5.92 Å². The highest BCUT2D eigenvalue weighted by Gasteiger charge is 2.33. The predicted octanol–water partition coefficient (Wildman–Crippen LogP) is 2.96. The summed E-state index contributed by atoms with van der Waals surface area (Å²) in [6.07, 6.45) is 2.16. The highest BCUT2D eigenvalue weighted by molar-refractivity contribution is 6.04. The minimum absolute atomic E-state index is 0.0197. The summed E-state index contributed by atoms with van der Waals surface area (Å²) in [5.41, 5.74) is 1.41. The van der Waals surface area contributed by atoms with E-state index in [0.717, 1.165) is 12.1 Å². The Kier molecular flexibility index (Phi) is 4.97. The summed E-state index contributed by atoms with van der Waals surface area (Å²) in [5, 5.41) is 6.12. The second-order valence-corrected chi connectivity index (χ2v) is 6.53. The lowest BCUT2D eigenvalue weighted by Gasteiger charge is -2.38. The normalized spacial score (nSPS) is 16.4. The first-order valence-electron chi connectivity index (χ1n) is 8.42. The number of benzene rings is 1. The number of para-hydroxylation sites is 1. The molecular formula is C19H22N4O2. The van der Waals surface area contributed by atoms with Crippen LogP contribution in [0.15, 0.2) is 48.7 Å². The number of carbonyl (C=O) groups excluding carboxylic acids is 2. The van der Waals surface area contributed by atoms with Crippen LogP contribution in [-0.4, -0.2) is 34.4 Å². The molecule has 25 heavy (non-hydrogen) atoms. The van der Waals surface area contributed by atoms with Gasteiger partial charge in [-0.1, -0.05) is 32.0 Å². The number of anilines is 2. The summed E-state index contributed by atoms with van der Waals surface area (Å²) in [7, 11) is 0. The molecule has 1 atom stereocenters. The molecule has 0 fully saturated rings. The number of nitrogens with zero attached hydrogens (tertiary/aromatic N) is 2. The Morgan fingerprint density at radius 3 is 2.72 bits per heavy atom. The standard InChI is InChI=1S/C19H22N4O2/c1-13(2)11-17-21-15-8-4-3-7-14(15)19(25)23(17)12-18(24)22-16-9-5-6-10-20-16/h3-10,13,17,21H,11-12H2,1-2H3,(H,20,22,24)/t17-/m1/s1. The first-order valence-corrected chi connectivity index (χ1v) is 8.42. The molecule has 3 rings (SSSR count).